The number of halogens is 1. The molecular weight excluding hydrogens is 275 g/mol. The Morgan fingerprint density at radius 1 is 1.38 bits per heavy atom. The fraction of sp³-hybridized carbons (Fsp3) is 0.0667. The molecular formula is C15H11FN2O3. The van der Waals surface area contributed by atoms with Gasteiger partial charge in [0.2, 0.25) is 0 Å². The van der Waals surface area contributed by atoms with Gasteiger partial charge in [-0.05, 0) is 36.8 Å². The molecule has 0 atom stereocenters. The lowest BCUT2D eigenvalue weighted by Gasteiger charge is -2.05. The molecule has 2 aromatic heterocycles. The summed E-state index contributed by atoms with van der Waals surface area (Å²) in [7, 11) is 0. The van der Waals surface area contributed by atoms with E-state index in [4.69, 9.17) is 4.42 Å². The zero-order chi connectivity index (χ0) is 15.0. The smallest absolute Gasteiger partial charge is 0.339 e. The number of aromatic carboxylic acids is 1. The van der Waals surface area contributed by atoms with Crippen molar-refractivity contribution in [2.75, 3.05) is 0 Å². The SMILES string of the molecule is Cc1cc(F)ccc1-n1cc(C(=O)O)c(-c2ccoc2)n1. The van der Waals surface area contributed by atoms with Gasteiger partial charge in [-0.25, -0.2) is 13.9 Å². The summed E-state index contributed by atoms with van der Waals surface area (Å²) < 4.78 is 19.6. The first-order chi connectivity index (χ1) is 10.1. The van der Waals surface area contributed by atoms with Crippen molar-refractivity contribution >= 4 is 5.97 Å². The lowest BCUT2D eigenvalue weighted by atomic mass is 10.1. The lowest BCUT2D eigenvalue weighted by molar-refractivity contribution is 0.0697. The van der Waals surface area contributed by atoms with Gasteiger partial charge in [-0.1, -0.05) is 0 Å². The number of carbonyl (C=O) groups is 1. The van der Waals surface area contributed by atoms with E-state index in [0.29, 0.717) is 22.5 Å². The number of hydrogen-bond donors (Lipinski definition) is 1. The van der Waals surface area contributed by atoms with Crippen molar-refractivity contribution in [3.8, 4) is 16.9 Å². The molecule has 0 aliphatic carbocycles. The molecule has 1 N–H and O–H groups in total. The van der Waals surface area contributed by atoms with Crippen LogP contribution in [0.15, 0.2) is 47.4 Å². The highest BCUT2D eigenvalue weighted by atomic mass is 19.1. The van der Waals surface area contributed by atoms with Crippen LogP contribution in [0.2, 0.25) is 0 Å². The lowest BCUT2D eigenvalue weighted by Crippen LogP contribution is -1.98. The normalized spacial score (nSPS) is 10.8. The van der Waals surface area contributed by atoms with Gasteiger partial charge in [0.05, 0.1) is 18.2 Å². The number of carboxylic acids is 1. The average molecular weight is 286 g/mol. The molecule has 0 spiro atoms. The fourth-order valence-electron chi connectivity index (χ4n) is 2.14. The van der Waals surface area contributed by atoms with Crippen LogP contribution < -0.4 is 0 Å². The van der Waals surface area contributed by atoms with Crippen molar-refractivity contribution in [3.05, 3.63) is 59.9 Å². The molecule has 0 fully saturated rings. The zero-order valence-corrected chi connectivity index (χ0v) is 11.1. The van der Waals surface area contributed by atoms with Crippen LogP contribution in [0.1, 0.15) is 15.9 Å². The predicted octanol–water partition coefficient (Wildman–Crippen LogP) is 3.28. The second kappa shape index (κ2) is 4.90. The monoisotopic (exact) mass is 286 g/mol. The average Bonchev–Trinajstić information content (AvgIpc) is 3.07. The van der Waals surface area contributed by atoms with Crippen molar-refractivity contribution in [2.45, 2.75) is 6.92 Å². The van der Waals surface area contributed by atoms with Crippen molar-refractivity contribution < 1.29 is 18.7 Å². The topological polar surface area (TPSA) is 68.3 Å². The largest absolute Gasteiger partial charge is 0.478 e. The minimum Gasteiger partial charge on any atom is -0.478 e. The summed E-state index contributed by atoms with van der Waals surface area (Å²) in [4.78, 5) is 11.4. The Kier molecular flexibility index (Phi) is 3.06. The van der Waals surface area contributed by atoms with Gasteiger partial charge in [0.1, 0.15) is 17.1 Å². The van der Waals surface area contributed by atoms with Gasteiger partial charge in [-0.2, -0.15) is 5.10 Å². The van der Waals surface area contributed by atoms with Crippen molar-refractivity contribution in [2.24, 2.45) is 0 Å². The highest BCUT2D eigenvalue weighted by Crippen LogP contribution is 2.25. The number of aryl methyl sites for hydroxylation is 1. The summed E-state index contributed by atoms with van der Waals surface area (Å²) >= 11 is 0. The molecule has 6 heteroatoms. The molecule has 0 saturated carbocycles. The maximum absolute atomic E-state index is 13.2. The van der Waals surface area contributed by atoms with Crippen LogP contribution in [0.5, 0.6) is 0 Å². The van der Waals surface area contributed by atoms with Gasteiger partial charge < -0.3 is 9.52 Å². The number of carboxylic acid groups (broad SMARTS) is 1. The van der Waals surface area contributed by atoms with Crippen LogP contribution in [0.4, 0.5) is 4.39 Å². The molecule has 21 heavy (non-hydrogen) atoms. The van der Waals surface area contributed by atoms with E-state index < -0.39 is 5.97 Å². The third-order valence-corrected chi connectivity index (χ3v) is 3.14. The third-order valence-electron chi connectivity index (χ3n) is 3.14. The van der Waals surface area contributed by atoms with Gasteiger partial charge in [0.15, 0.2) is 0 Å². The quantitative estimate of drug-likeness (QED) is 0.802. The molecule has 0 aliphatic rings. The van der Waals surface area contributed by atoms with Crippen molar-refractivity contribution in [3.63, 3.8) is 0 Å². The third kappa shape index (κ3) is 2.31. The van der Waals surface area contributed by atoms with E-state index in [-0.39, 0.29) is 11.4 Å². The Balaban J connectivity index is 2.17. The summed E-state index contributed by atoms with van der Waals surface area (Å²) in [6.45, 7) is 1.73. The fourth-order valence-corrected chi connectivity index (χ4v) is 2.14. The van der Waals surface area contributed by atoms with E-state index in [1.165, 1.54) is 35.5 Å². The molecule has 3 aromatic rings. The Hall–Kier alpha value is -2.89. The first-order valence-corrected chi connectivity index (χ1v) is 6.18. The van der Waals surface area contributed by atoms with Crippen LogP contribution in [0, 0.1) is 12.7 Å². The first kappa shape index (κ1) is 13.1. The first-order valence-electron chi connectivity index (χ1n) is 6.18. The molecule has 0 radical (unpaired) electrons. The van der Waals surface area contributed by atoms with Gasteiger partial charge in [-0.15, -0.1) is 0 Å². The molecule has 0 saturated heterocycles. The van der Waals surface area contributed by atoms with Crippen LogP contribution in [-0.4, -0.2) is 20.9 Å². The minimum absolute atomic E-state index is 0.0557. The van der Waals surface area contributed by atoms with E-state index in [1.54, 1.807) is 19.1 Å². The summed E-state index contributed by atoms with van der Waals surface area (Å²) in [5.41, 5.74) is 2.22. The Labute approximate surface area is 119 Å². The van der Waals surface area contributed by atoms with Gasteiger partial charge in [-0.3, -0.25) is 0 Å². The second-order valence-electron chi connectivity index (χ2n) is 4.58. The maximum Gasteiger partial charge on any atom is 0.339 e. The van der Waals surface area contributed by atoms with E-state index in [9.17, 15) is 14.3 Å². The summed E-state index contributed by atoms with van der Waals surface area (Å²) in [6.07, 6.45) is 4.28. The van der Waals surface area contributed by atoms with E-state index >= 15 is 0 Å². The van der Waals surface area contributed by atoms with E-state index in [2.05, 4.69) is 5.10 Å². The number of aromatic nitrogens is 2. The van der Waals surface area contributed by atoms with Gasteiger partial charge >= 0.3 is 5.97 Å². The highest BCUT2D eigenvalue weighted by Gasteiger charge is 2.19. The number of furan rings is 1. The highest BCUT2D eigenvalue weighted by molar-refractivity contribution is 5.94. The number of benzene rings is 1. The molecule has 3 rings (SSSR count). The molecule has 2 heterocycles. The Morgan fingerprint density at radius 2 is 2.19 bits per heavy atom. The number of nitrogens with zero attached hydrogens (tertiary/aromatic N) is 2. The molecule has 0 aliphatic heterocycles. The second-order valence-corrected chi connectivity index (χ2v) is 4.58. The van der Waals surface area contributed by atoms with Crippen molar-refractivity contribution in [1.29, 1.82) is 0 Å². The molecule has 0 bridgehead atoms. The minimum atomic E-state index is -1.09. The number of rotatable bonds is 3. The number of hydrogen-bond acceptors (Lipinski definition) is 3. The summed E-state index contributed by atoms with van der Waals surface area (Å²) in [5.74, 6) is -1.44. The standard InChI is InChI=1S/C15H11FN2O3/c1-9-6-11(16)2-3-13(9)18-7-12(15(19)20)14(17-18)10-4-5-21-8-10/h2-8H,1H3,(H,19,20). The molecule has 0 unspecified atom stereocenters. The molecule has 5 nitrogen and oxygen atoms in total. The Morgan fingerprint density at radius 3 is 2.81 bits per heavy atom. The summed E-state index contributed by atoms with van der Waals surface area (Å²) in [5, 5.41) is 13.6. The Bertz CT molecular complexity index is 806. The van der Waals surface area contributed by atoms with Crippen LogP contribution in [-0.2, 0) is 0 Å². The van der Waals surface area contributed by atoms with Crippen LogP contribution in [0.25, 0.3) is 16.9 Å². The van der Waals surface area contributed by atoms with Gasteiger partial charge in [0.25, 0.3) is 0 Å². The molecule has 1 aromatic carbocycles. The van der Waals surface area contributed by atoms with Crippen LogP contribution in [0.3, 0.4) is 0 Å². The molecule has 0 amide bonds. The maximum atomic E-state index is 13.2. The van der Waals surface area contributed by atoms with E-state index in [0.717, 1.165) is 0 Å². The van der Waals surface area contributed by atoms with Crippen LogP contribution >= 0.6 is 0 Å². The van der Waals surface area contributed by atoms with Gasteiger partial charge in [0, 0.05) is 11.8 Å². The zero-order valence-electron chi connectivity index (χ0n) is 11.1. The summed E-state index contributed by atoms with van der Waals surface area (Å²) in [6, 6.07) is 5.87. The van der Waals surface area contributed by atoms with E-state index in [1.807, 2.05) is 0 Å². The molecule has 106 valence electrons. The van der Waals surface area contributed by atoms with Crippen molar-refractivity contribution in [1.82, 2.24) is 9.78 Å². The predicted molar refractivity (Wildman–Crippen MR) is 72.9 cm³/mol.